The highest BCUT2D eigenvalue weighted by atomic mass is 32.1. The Kier molecular flexibility index (Phi) is 2.71. The van der Waals surface area contributed by atoms with Gasteiger partial charge >= 0.3 is 0 Å². The molecule has 1 fully saturated rings. The van der Waals surface area contributed by atoms with Crippen LogP contribution >= 0.6 is 11.5 Å². The Morgan fingerprint density at radius 1 is 1.26 bits per heavy atom. The monoisotopic (exact) mass is 323 g/mol. The van der Waals surface area contributed by atoms with Crippen molar-refractivity contribution in [3.8, 4) is 11.3 Å². The minimum absolute atomic E-state index is 0.657. The van der Waals surface area contributed by atoms with E-state index in [-0.39, 0.29) is 0 Å². The van der Waals surface area contributed by atoms with Crippen molar-refractivity contribution >= 4 is 28.0 Å². The Labute approximate surface area is 135 Å². The minimum atomic E-state index is 0.657. The number of rotatable bonds is 4. The molecule has 1 aliphatic carbocycles. The lowest BCUT2D eigenvalue weighted by Gasteiger charge is -2.04. The lowest BCUT2D eigenvalue weighted by atomic mass is 10.3. The number of nitrogens with one attached hydrogen (secondary N) is 2. The third-order valence-electron chi connectivity index (χ3n) is 3.99. The third kappa shape index (κ3) is 2.18. The molecule has 2 N–H and O–H groups in total. The van der Waals surface area contributed by atoms with E-state index in [4.69, 9.17) is 0 Å². The number of anilines is 2. The summed E-state index contributed by atoms with van der Waals surface area (Å²) in [4.78, 5) is 8.93. The summed E-state index contributed by atoms with van der Waals surface area (Å²) in [6.07, 6.45) is 11.6. The largest absolute Gasteiger partial charge is 0.328 e. The number of imidazole rings is 1. The summed E-state index contributed by atoms with van der Waals surface area (Å²) in [6, 6.07) is 2.12. The molecular weight excluding hydrogens is 310 g/mol. The Bertz CT molecular complexity index is 965. The van der Waals surface area contributed by atoms with Crippen LogP contribution in [0.3, 0.4) is 0 Å². The van der Waals surface area contributed by atoms with Crippen molar-refractivity contribution in [1.29, 1.82) is 0 Å². The first-order valence-electron chi connectivity index (χ1n) is 7.43. The highest BCUT2D eigenvalue weighted by Crippen LogP contribution is 2.41. The fourth-order valence-electron chi connectivity index (χ4n) is 2.65. The molecule has 0 atom stereocenters. The van der Waals surface area contributed by atoms with Crippen LogP contribution in [0, 0.1) is 0 Å². The summed E-state index contributed by atoms with van der Waals surface area (Å²) >= 11 is 1.47. The van der Waals surface area contributed by atoms with Gasteiger partial charge in [0.25, 0.3) is 0 Å². The molecule has 0 aliphatic heterocycles. The van der Waals surface area contributed by atoms with Gasteiger partial charge < -0.3 is 5.32 Å². The molecule has 1 aliphatic rings. The highest BCUT2D eigenvalue weighted by molar-refractivity contribution is 7.10. The van der Waals surface area contributed by atoms with E-state index in [0.717, 1.165) is 27.7 Å². The maximum Gasteiger partial charge on any atom is 0.180 e. The highest BCUT2D eigenvalue weighted by Gasteiger charge is 2.26. The Morgan fingerprint density at radius 2 is 2.22 bits per heavy atom. The van der Waals surface area contributed by atoms with Gasteiger partial charge in [0, 0.05) is 30.1 Å². The van der Waals surface area contributed by atoms with Crippen LogP contribution < -0.4 is 5.32 Å². The van der Waals surface area contributed by atoms with Gasteiger partial charge in [-0.15, -0.1) is 0 Å². The Hall–Kier alpha value is -2.74. The molecule has 0 amide bonds. The fourth-order valence-corrected chi connectivity index (χ4v) is 3.37. The van der Waals surface area contributed by atoms with E-state index >= 15 is 0 Å². The quantitative estimate of drug-likeness (QED) is 0.602. The smallest absolute Gasteiger partial charge is 0.180 e. The van der Waals surface area contributed by atoms with Gasteiger partial charge in [0.05, 0.1) is 23.8 Å². The number of hydrogen-bond acceptors (Lipinski definition) is 6. The molecular formula is C15H13N7S. The molecule has 8 heteroatoms. The zero-order valence-corrected chi connectivity index (χ0v) is 12.9. The van der Waals surface area contributed by atoms with Gasteiger partial charge in [-0.3, -0.25) is 9.50 Å². The third-order valence-corrected chi connectivity index (χ3v) is 4.71. The molecule has 0 spiro atoms. The molecule has 114 valence electrons. The number of fused-ring (bicyclic) bond motifs is 1. The van der Waals surface area contributed by atoms with E-state index in [1.165, 1.54) is 30.1 Å². The molecule has 23 heavy (non-hydrogen) atoms. The molecule has 4 aromatic rings. The van der Waals surface area contributed by atoms with E-state index < -0.39 is 0 Å². The lowest BCUT2D eigenvalue weighted by molar-refractivity contribution is 1.07. The van der Waals surface area contributed by atoms with Gasteiger partial charge in [0.1, 0.15) is 5.00 Å². The number of H-pyrrole nitrogens is 1. The van der Waals surface area contributed by atoms with E-state index in [1.807, 2.05) is 23.0 Å². The number of nitrogens with zero attached hydrogens (tertiary/aromatic N) is 5. The van der Waals surface area contributed by atoms with E-state index in [9.17, 15) is 0 Å². The van der Waals surface area contributed by atoms with E-state index in [1.54, 1.807) is 12.4 Å². The zero-order valence-electron chi connectivity index (χ0n) is 12.1. The zero-order chi connectivity index (χ0) is 15.2. The molecule has 7 nitrogen and oxygen atoms in total. The number of aromatic amines is 1. The topological polar surface area (TPSA) is 83.8 Å². The van der Waals surface area contributed by atoms with Crippen LogP contribution in [0.4, 0.5) is 10.8 Å². The average Bonchev–Trinajstić information content (AvgIpc) is 2.99. The summed E-state index contributed by atoms with van der Waals surface area (Å²) < 4.78 is 6.52. The summed E-state index contributed by atoms with van der Waals surface area (Å²) in [7, 11) is 0. The molecule has 0 bridgehead atoms. The predicted molar refractivity (Wildman–Crippen MR) is 87.9 cm³/mol. The summed E-state index contributed by atoms with van der Waals surface area (Å²) in [5.41, 5.74) is 3.93. The van der Waals surface area contributed by atoms with Crippen LogP contribution in [0.2, 0.25) is 0 Å². The first-order chi connectivity index (χ1) is 11.4. The summed E-state index contributed by atoms with van der Waals surface area (Å²) in [5, 5.41) is 11.2. The van der Waals surface area contributed by atoms with Crippen molar-refractivity contribution in [2.75, 3.05) is 5.32 Å². The first kappa shape index (κ1) is 12.8. The van der Waals surface area contributed by atoms with Crippen molar-refractivity contribution in [3.05, 3.63) is 42.7 Å². The van der Waals surface area contributed by atoms with Gasteiger partial charge in [0.15, 0.2) is 11.5 Å². The van der Waals surface area contributed by atoms with Gasteiger partial charge in [-0.05, 0) is 30.4 Å². The number of aromatic nitrogens is 6. The second kappa shape index (κ2) is 4.88. The fraction of sp³-hybridized carbons (Fsp3) is 0.200. The van der Waals surface area contributed by atoms with E-state index in [2.05, 4.69) is 35.9 Å². The lowest BCUT2D eigenvalue weighted by Crippen LogP contribution is -1.97. The maximum atomic E-state index is 4.51. The average molecular weight is 323 g/mol. The van der Waals surface area contributed by atoms with Gasteiger partial charge in [-0.1, -0.05) is 0 Å². The molecule has 1 saturated carbocycles. The SMILES string of the molecule is c1cn2c(-c3cn[nH]c3)cnc2c(Nc2cc(C3CC3)ns2)n1. The van der Waals surface area contributed by atoms with E-state index in [0.29, 0.717) is 5.92 Å². The predicted octanol–water partition coefficient (Wildman–Crippen LogP) is 3.20. The molecule has 0 saturated heterocycles. The van der Waals surface area contributed by atoms with Gasteiger partial charge in [0.2, 0.25) is 0 Å². The molecule has 4 heterocycles. The van der Waals surface area contributed by atoms with Crippen LogP contribution in [0.25, 0.3) is 16.9 Å². The standard InChI is InChI=1S/C15H13N7S/c1-2-9(1)11-5-13(23-21-11)20-14-15-17-8-12(10-6-18-19-7-10)22(15)4-3-16-14/h3-9H,1-2H2,(H,16,20)(H,18,19). The van der Waals surface area contributed by atoms with Crippen LogP contribution in [0.1, 0.15) is 24.5 Å². The second-order valence-electron chi connectivity index (χ2n) is 5.62. The van der Waals surface area contributed by atoms with Crippen molar-refractivity contribution in [1.82, 2.24) is 28.9 Å². The second-order valence-corrected chi connectivity index (χ2v) is 6.42. The number of hydrogen-bond donors (Lipinski definition) is 2. The van der Waals surface area contributed by atoms with Crippen LogP contribution in [0.5, 0.6) is 0 Å². The normalized spacial score (nSPS) is 14.4. The molecule has 0 unspecified atom stereocenters. The minimum Gasteiger partial charge on any atom is -0.328 e. The van der Waals surface area contributed by atoms with Crippen LogP contribution in [-0.4, -0.2) is 28.9 Å². The van der Waals surface area contributed by atoms with Crippen molar-refractivity contribution in [3.63, 3.8) is 0 Å². The molecule has 5 rings (SSSR count). The summed E-state index contributed by atoms with van der Waals surface area (Å²) in [6.45, 7) is 0. The van der Waals surface area contributed by atoms with Crippen LogP contribution in [0.15, 0.2) is 37.1 Å². The first-order valence-corrected chi connectivity index (χ1v) is 8.21. The van der Waals surface area contributed by atoms with Gasteiger partial charge in [-0.2, -0.15) is 9.47 Å². The molecule has 0 radical (unpaired) electrons. The van der Waals surface area contributed by atoms with Crippen molar-refractivity contribution < 1.29 is 0 Å². The van der Waals surface area contributed by atoms with Crippen molar-refractivity contribution in [2.24, 2.45) is 0 Å². The summed E-state index contributed by atoms with van der Waals surface area (Å²) in [5.74, 6) is 1.39. The Morgan fingerprint density at radius 3 is 3.04 bits per heavy atom. The molecule has 0 aromatic carbocycles. The van der Waals surface area contributed by atoms with Crippen molar-refractivity contribution in [2.45, 2.75) is 18.8 Å². The van der Waals surface area contributed by atoms with Crippen LogP contribution in [-0.2, 0) is 0 Å². The molecule has 4 aromatic heterocycles. The maximum absolute atomic E-state index is 4.51. The van der Waals surface area contributed by atoms with Gasteiger partial charge in [-0.25, -0.2) is 9.97 Å². The Balaban J connectivity index is 1.53.